The lowest BCUT2D eigenvalue weighted by atomic mass is 10.0. The highest BCUT2D eigenvalue weighted by Gasteiger charge is 2.08. The van der Waals surface area contributed by atoms with Crippen LogP contribution in [0, 0.1) is 5.92 Å². The van der Waals surface area contributed by atoms with E-state index < -0.39 is 0 Å². The third-order valence-corrected chi connectivity index (χ3v) is 3.04. The topological polar surface area (TPSA) is 58.3 Å². The van der Waals surface area contributed by atoms with Crippen molar-refractivity contribution in [3.05, 3.63) is 23.2 Å². The Kier molecular flexibility index (Phi) is 5.43. The summed E-state index contributed by atoms with van der Waals surface area (Å²) in [4.78, 5) is 0. The van der Waals surface area contributed by atoms with E-state index in [1.165, 1.54) is 0 Å². The molecule has 1 aromatic carbocycles. The first-order valence-electron chi connectivity index (χ1n) is 5.57. The van der Waals surface area contributed by atoms with E-state index >= 15 is 0 Å². The summed E-state index contributed by atoms with van der Waals surface area (Å²) >= 11 is 6.04. The number of nitrogen functional groups attached to an aromatic ring is 1. The monoisotopic (exact) mass is 242 g/mol. The number of aliphatic hydroxyl groups excluding tert-OH is 1. The minimum absolute atomic E-state index is 0.220. The van der Waals surface area contributed by atoms with Crippen LogP contribution in [0.25, 0.3) is 0 Å². The second-order valence-electron chi connectivity index (χ2n) is 3.87. The van der Waals surface area contributed by atoms with Gasteiger partial charge < -0.3 is 16.2 Å². The molecular weight excluding hydrogens is 224 g/mol. The number of aliphatic hydroxyl groups is 1. The maximum absolute atomic E-state index is 8.90. The van der Waals surface area contributed by atoms with Crippen LogP contribution in [-0.4, -0.2) is 18.3 Å². The summed E-state index contributed by atoms with van der Waals surface area (Å²) in [6.07, 6.45) is 1.83. The van der Waals surface area contributed by atoms with Gasteiger partial charge >= 0.3 is 0 Å². The summed E-state index contributed by atoms with van der Waals surface area (Å²) in [5, 5.41) is 12.8. The number of para-hydroxylation sites is 1. The van der Waals surface area contributed by atoms with E-state index in [2.05, 4.69) is 12.2 Å². The van der Waals surface area contributed by atoms with E-state index in [4.69, 9.17) is 22.4 Å². The predicted octanol–water partition coefficient (Wildman–Crippen LogP) is 2.74. The van der Waals surface area contributed by atoms with Gasteiger partial charge in [0.15, 0.2) is 0 Å². The van der Waals surface area contributed by atoms with E-state index in [1.54, 1.807) is 0 Å². The fourth-order valence-corrected chi connectivity index (χ4v) is 1.86. The van der Waals surface area contributed by atoms with Crippen LogP contribution in [0.3, 0.4) is 0 Å². The molecular formula is C12H19ClN2O. The van der Waals surface area contributed by atoms with Crippen molar-refractivity contribution < 1.29 is 5.11 Å². The summed E-state index contributed by atoms with van der Waals surface area (Å²) in [7, 11) is 0. The third kappa shape index (κ3) is 3.58. The molecule has 0 radical (unpaired) electrons. The van der Waals surface area contributed by atoms with Gasteiger partial charge in [0.2, 0.25) is 0 Å². The van der Waals surface area contributed by atoms with Crippen LogP contribution in [0.5, 0.6) is 0 Å². The highest BCUT2D eigenvalue weighted by Crippen LogP contribution is 2.28. The Morgan fingerprint density at radius 1 is 1.50 bits per heavy atom. The minimum Gasteiger partial charge on any atom is -0.397 e. The first kappa shape index (κ1) is 13.1. The van der Waals surface area contributed by atoms with Crippen molar-refractivity contribution in [2.75, 3.05) is 24.2 Å². The van der Waals surface area contributed by atoms with Gasteiger partial charge in [0.25, 0.3) is 0 Å². The van der Waals surface area contributed by atoms with Crippen molar-refractivity contribution in [3.63, 3.8) is 0 Å². The van der Waals surface area contributed by atoms with Crippen LogP contribution in [-0.2, 0) is 0 Å². The zero-order valence-electron chi connectivity index (χ0n) is 9.54. The van der Waals surface area contributed by atoms with Crippen LogP contribution >= 0.6 is 11.6 Å². The van der Waals surface area contributed by atoms with E-state index in [0.717, 1.165) is 25.1 Å². The van der Waals surface area contributed by atoms with Gasteiger partial charge in [0, 0.05) is 13.2 Å². The number of hydrogen-bond acceptors (Lipinski definition) is 3. The first-order valence-corrected chi connectivity index (χ1v) is 5.95. The Bertz CT molecular complexity index is 311. The van der Waals surface area contributed by atoms with Gasteiger partial charge in [0.1, 0.15) is 0 Å². The Balaban J connectivity index is 2.59. The van der Waals surface area contributed by atoms with Crippen molar-refractivity contribution in [2.45, 2.75) is 19.8 Å². The molecule has 1 rings (SSSR count). The predicted molar refractivity (Wildman–Crippen MR) is 69.8 cm³/mol. The van der Waals surface area contributed by atoms with E-state index in [-0.39, 0.29) is 6.61 Å². The largest absolute Gasteiger partial charge is 0.397 e. The highest BCUT2D eigenvalue weighted by atomic mass is 35.5. The smallest absolute Gasteiger partial charge is 0.0763 e. The number of anilines is 2. The molecule has 1 unspecified atom stereocenters. The third-order valence-electron chi connectivity index (χ3n) is 2.73. The lowest BCUT2D eigenvalue weighted by Crippen LogP contribution is -2.16. The second kappa shape index (κ2) is 6.61. The summed E-state index contributed by atoms with van der Waals surface area (Å²) in [6, 6.07) is 5.46. The number of nitrogens with one attached hydrogen (secondary N) is 1. The number of hydrogen-bond donors (Lipinski definition) is 3. The SMILES string of the molecule is CCC(CCO)CNc1c(N)cccc1Cl. The van der Waals surface area contributed by atoms with Crippen molar-refractivity contribution in [2.24, 2.45) is 5.92 Å². The van der Waals surface area contributed by atoms with Crippen LogP contribution in [0.2, 0.25) is 5.02 Å². The number of halogens is 1. The fourth-order valence-electron chi connectivity index (χ4n) is 1.61. The summed E-state index contributed by atoms with van der Waals surface area (Å²) in [5.74, 6) is 0.445. The maximum Gasteiger partial charge on any atom is 0.0763 e. The van der Waals surface area contributed by atoms with Crippen molar-refractivity contribution in [1.29, 1.82) is 0 Å². The first-order chi connectivity index (χ1) is 7.69. The average Bonchev–Trinajstić information content (AvgIpc) is 2.27. The molecule has 0 aliphatic carbocycles. The molecule has 0 spiro atoms. The standard InChI is InChI=1S/C12H19ClN2O/c1-2-9(6-7-16)8-15-12-10(13)4-3-5-11(12)14/h3-5,9,15-16H,2,6-8,14H2,1H3. The van der Waals surface area contributed by atoms with Gasteiger partial charge in [-0.1, -0.05) is 31.0 Å². The summed E-state index contributed by atoms with van der Waals surface area (Å²) in [5.41, 5.74) is 7.28. The molecule has 0 aliphatic rings. The van der Waals surface area contributed by atoms with E-state index in [0.29, 0.717) is 16.6 Å². The fraction of sp³-hybridized carbons (Fsp3) is 0.500. The van der Waals surface area contributed by atoms with E-state index in [9.17, 15) is 0 Å². The van der Waals surface area contributed by atoms with E-state index in [1.807, 2.05) is 18.2 Å². The number of nitrogens with two attached hydrogens (primary N) is 1. The lowest BCUT2D eigenvalue weighted by molar-refractivity contribution is 0.258. The highest BCUT2D eigenvalue weighted by molar-refractivity contribution is 6.33. The molecule has 16 heavy (non-hydrogen) atoms. The van der Waals surface area contributed by atoms with Crippen LogP contribution in [0.4, 0.5) is 11.4 Å². The molecule has 1 atom stereocenters. The molecule has 90 valence electrons. The summed E-state index contributed by atoms with van der Waals surface area (Å²) in [6.45, 7) is 3.11. The molecule has 4 N–H and O–H groups in total. The maximum atomic E-state index is 8.90. The molecule has 0 fully saturated rings. The number of benzene rings is 1. The molecule has 0 saturated carbocycles. The van der Waals surface area contributed by atoms with Crippen molar-refractivity contribution >= 4 is 23.0 Å². The van der Waals surface area contributed by atoms with Crippen molar-refractivity contribution in [3.8, 4) is 0 Å². The Morgan fingerprint density at radius 2 is 2.25 bits per heavy atom. The average molecular weight is 243 g/mol. The van der Waals surface area contributed by atoms with Gasteiger partial charge in [-0.25, -0.2) is 0 Å². The molecule has 0 aliphatic heterocycles. The Morgan fingerprint density at radius 3 is 2.81 bits per heavy atom. The van der Waals surface area contributed by atoms with Gasteiger partial charge in [-0.15, -0.1) is 0 Å². The molecule has 0 saturated heterocycles. The van der Waals surface area contributed by atoms with Gasteiger partial charge in [-0.05, 0) is 24.5 Å². The second-order valence-corrected chi connectivity index (χ2v) is 4.28. The quantitative estimate of drug-likeness (QED) is 0.673. The zero-order chi connectivity index (χ0) is 12.0. The van der Waals surface area contributed by atoms with Crippen molar-refractivity contribution in [1.82, 2.24) is 0 Å². The van der Waals surface area contributed by atoms with Gasteiger partial charge in [-0.2, -0.15) is 0 Å². The molecule has 0 heterocycles. The molecule has 0 aromatic heterocycles. The molecule has 0 amide bonds. The van der Waals surface area contributed by atoms with Gasteiger partial charge in [-0.3, -0.25) is 0 Å². The zero-order valence-corrected chi connectivity index (χ0v) is 10.3. The Hall–Kier alpha value is -0.930. The molecule has 1 aromatic rings. The number of rotatable bonds is 6. The molecule has 3 nitrogen and oxygen atoms in total. The minimum atomic E-state index is 0.220. The Labute approximate surface area is 102 Å². The van der Waals surface area contributed by atoms with Crippen LogP contribution in [0.1, 0.15) is 19.8 Å². The normalized spacial score (nSPS) is 12.4. The lowest BCUT2D eigenvalue weighted by Gasteiger charge is -2.17. The van der Waals surface area contributed by atoms with Crippen LogP contribution < -0.4 is 11.1 Å². The van der Waals surface area contributed by atoms with Gasteiger partial charge in [0.05, 0.1) is 16.4 Å². The molecule has 0 bridgehead atoms. The summed E-state index contributed by atoms with van der Waals surface area (Å²) < 4.78 is 0. The van der Waals surface area contributed by atoms with Crippen LogP contribution in [0.15, 0.2) is 18.2 Å². The molecule has 4 heteroatoms.